The van der Waals surface area contributed by atoms with Crippen LogP contribution in [0.1, 0.15) is 36.1 Å². The Kier molecular flexibility index (Phi) is 4.22. The van der Waals surface area contributed by atoms with Crippen molar-refractivity contribution in [2.24, 2.45) is 0 Å². The zero-order valence-corrected chi connectivity index (χ0v) is 15.2. The molecule has 1 saturated heterocycles. The molecule has 0 amide bonds. The number of hydrogen-bond acceptors (Lipinski definition) is 5. The highest BCUT2D eigenvalue weighted by molar-refractivity contribution is 7.89. The molecule has 3 heterocycles. The summed E-state index contributed by atoms with van der Waals surface area (Å²) < 4.78 is 26.8. The Balaban J connectivity index is 1.66. The SMILES string of the molecule is O=c1c2c3c(sc2ncn1CCN1CCCS1(=O)=O)CCCCC3. The van der Waals surface area contributed by atoms with Gasteiger partial charge in [-0.2, -0.15) is 0 Å². The highest BCUT2D eigenvalue weighted by Gasteiger charge is 2.28. The van der Waals surface area contributed by atoms with E-state index in [0.717, 1.165) is 29.5 Å². The summed E-state index contributed by atoms with van der Waals surface area (Å²) in [7, 11) is -3.12. The van der Waals surface area contributed by atoms with E-state index in [-0.39, 0.29) is 11.3 Å². The molecule has 0 saturated carbocycles. The van der Waals surface area contributed by atoms with Crippen molar-refractivity contribution in [3.63, 3.8) is 0 Å². The number of thiophene rings is 1. The summed E-state index contributed by atoms with van der Waals surface area (Å²) in [5.41, 5.74) is 1.17. The number of aromatic nitrogens is 2. The van der Waals surface area contributed by atoms with Gasteiger partial charge in [-0.25, -0.2) is 17.7 Å². The molecular formula is C16H21N3O3S2. The fourth-order valence-electron chi connectivity index (χ4n) is 3.68. The maximum absolute atomic E-state index is 12.9. The van der Waals surface area contributed by atoms with Crippen LogP contribution in [0.4, 0.5) is 0 Å². The molecule has 0 spiro atoms. The van der Waals surface area contributed by atoms with Gasteiger partial charge in [0.1, 0.15) is 4.83 Å². The molecule has 2 aliphatic rings. The van der Waals surface area contributed by atoms with E-state index < -0.39 is 10.0 Å². The molecule has 2 aromatic rings. The second kappa shape index (κ2) is 6.24. The molecule has 1 aliphatic carbocycles. The first-order valence-electron chi connectivity index (χ1n) is 8.54. The molecule has 130 valence electrons. The molecule has 24 heavy (non-hydrogen) atoms. The van der Waals surface area contributed by atoms with Gasteiger partial charge in [-0.05, 0) is 37.7 Å². The van der Waals surface area contributed by atoms with Crippen molar-refractivity contribution in [1.29, 1.82) is 0 Å². The number of fused-ring (bicyclic) bond motifs is 3. The summed E-state index contributed by atoms with van der Waals surface area (Å²) in [6.07, 6.45) is 7.76. The van der Waals surface area contributed by atoms with E-state index in [0.29, 0.717) is 26.1 Å². The lowest BCUT2D eigenvalue weighted by molar-refractivity contribution is 0.416. The van der Waals surface area contributed by atoms with Crippen molar-refractivity contribution >= 4 is 31.6 Å². The minimum absolute atomic E-state index is 0.0176. The first kappa shape index (κ1) is 16.2. The van der Waals surface area contributed by atoms with Gasteiger partial charge in [-0.1, -0.05) is 6.42 Å². The Hall–Kier alpha value is -1.25. The Bertz CT molecular complexity index is 930. The smallest absolute Gasteiger partial charge is 0.262 e. The topological polar surface area (TPSA) is 72.3 Å². The van der Waals surface area contributed by atoms with Gasteiger partial charge >= 0.3 is 0 Å². The zero-order valence-electron chi connectivity index (χ0n) is 13.5. The average Bonchev–Trinajstić information content (AvgIpc) is 2.98. The third kappa shape index (κ3) is 2.80. The second-order valence-corrected chi connectivity index (χ2v) is 9.73. The molecule has 4 rings (SSSR count). The molecule has 0 unspecified atom stereocenters. The first-order valence-corrected chi connectivity index (χ1v) is 11.0. The molecule has 1 aliphatic heterocycles. The number of nitrogens with zero attached hydrogens (tertiary/aromatic N) is 3. The van der Waals surface area contributed by atoms with Gasteiger partial charge < -0.3 is 0 Å². The standard InChI is InChI=1S/C16H21N3O3S2/c20-16-14-12-5-2-1-3-6-13(12)23-15(14)17-11-18(16)8-9-19-7-4-10-24(19,21)22/h11H,1-10H2. The van der Waals surface area contributed by atoms with Crippen LogP contribution >= 0.6 is 11.3 Å². The number of aryl methyl sites for hydroxylation is 2. The highest BCUT2D eigenvalue weighted by atomic mass is 32.2. The zero-order chi connectivity index (χ0) is 16.7. The maximum atomic E-state index is 12.9. The van der Waals surface area contributed by atoms with E-state index in [4.69, 9.17) is 0 Å². The van der Waals surface area contributed by atoms with Crippen molar-refractivity contribution in [1.82, 2.24) is 13.9 Å². The van der Waals surface area contributed by atoms with Crippen molar-refractivity contribution in [2.75, 3.05) is 18.8 Å². The number of hydrogen-bond donors (Lipinski definition) is 0. The second-order valence-electron chi connectivity index (χ2n) is 6.56. The van der Waals surface area contributed by atoms with Crippen LogP contribution in [0.25, 0.3) is 10.2 Å². The van der Waals surface area contributed by atoms with Crippen LogP contribution in [-0.4, -0.2) is 41.1 Å². The first-order chi connectivity index (χ1) is 11.6. The Morgan fingerprint density at radius 1 is 1.12 bits per heavy atom. The Morgan fingerprint density at radius 2 is 1.96 bits per heavy atom. The van der Waals surface area contributed by atoms with Crippen LogP contribution in [0.5, 0.6) is 0 Å². The van der Waals surface area contributed by atoms with Crippen molar-refractivity contribution in [2.45, 2.75) is 45.1 Å². The summed E-state index contributed by atoms with van der Waals surface area (Å²) in [6, 6.07) is 0. The summed E-state index contributed by atoms with van der Waals surface area (Å²) in [5.74, 6) is 0.219. The Morgan fingerprint density at radius 3 is 2.75 bits per heavy atom. The summed E-state index contributed by atoms with van der Waals surface area (Å²) in [5, 5.41) is 0.767. The lowest BCUT2D eigenvalue weighted by Crippen LogP contribution is -2.32. The van der Waals surface area contributed by atoms with Crippen LogP contribution in [0.15, 0.2) is 11.1 Å². The molecule has 6 nitrogen and oxygen atoms in total. The maximum Gasteiger partial charge on any atom is 0.262 e. The average molecular weight is 367 g/mol. The predicted molar refractivity (Wildman–Crippen MR) is 95.1 cm³/mol. The normalized spacial score (nSPS) is 21.0. The van der Waals surface area contributed by atoms with Gasteiger partial charge in [-0.15, -0.1) is 11.3 Å². The molecule has 8 heteroatoms. The monoisotopic (exact) mass is 367 g/mol. The van der Waals surface area contributed by atoms with Crippen LogP contribution in [0, 0.1) is 0 Å². The molecule has 0 atom stereocenters. The van der Waals surface area contributed by atoms with Gasteiger partial charge in [0.25, 0.3) is 5.56 Å². The quantitative estimate of drug-likeness (QED) is 0.775. The van der Waals surface area contributed by atoms with Gasteiger partial charge in [0.2, 0.25) is 10.0 Å². The van der Waals surface area contributed by atoms with E-state index in [1.54, 1.807) is 22.2 Å². The fraction of sp³-hybridized carbons (Fsp3) is 0.625. The van der Waals surface area contributed by atoms with Crippen molar-refractivity contribution < 1.29 is 8.42 Å². The van der Waals surface area contributed by atoms with Crippen LogP contribution < -0.4 is 5.56 Å². The van der Waals surface area contributed by atoms with Gasteiger partial charge in [0, 0.05) is 24.5 Å². The minimum Gasteiger partial charge on any atom is -0.297 e. The van der Waals surface area contributed by atoms with E-state index >= 15 is 0 Å². The van der Waals surface area contributed by atoms with E-state index in [2.05, 4.69) is 4.98 Å². The van der Waals surface area contributed by atoms with Crippen LogP contribution in [0.3, 0.4) is 0 Å². The van der Waals surface area contributed by atoms with E-state index in [9.17, 15) is 13.2 Å². The molecule has 2 aromatic heterocycles. The van der Waals surface area contributed by atoms with Crippen molar-refractivity contribution in [3.05, 3.63) is 27.1 Å². The van der Waals surface area contributed by atoms with Crippen LogP contribution in [-0.2, 0) is 29.4 Å². The minimum atomic E-state index is -3.12. The van der Waals surface area contributed by atoms with Gasteiger partial charge in [-0.3, -0.25) is 9.36 Å². The van der Waals surface area contributed by atoms with E-state index in [1.807, 2.05) is 0 Å². The molecule has 0 aromatic carbocycles. The van der Waals surface area contributed by atoms with Gasteiger partial charge in [0.05, 0.1) is 17.5 Å². The third-order valence-electron chi connectivity index (χ3n) is 4.99. The molecule has 0 N–H and O–H groups in total. The molecule has 1 fully saturated rings. The van der Waals surface area contributed by atoms with Crippen molar-refractivity contribution in [3.8, 4) is 0 Å². The van der Waals surface area contributed by atoms with E-state index in [1.165, 1.54) is 27.6 Å². The third-order valence-corrected chi connectivity index (χ3v) is 8.14. The van der Waals surface area contributed by atoms with Gasteiger partial charge in [0.15, 0.2) is 0 Å². The summed E-state index contributed by atoms with van der Waals surface area (Å²) in [6.45, 7) is 1.27. The Labute approximate surface area is 145 Å². The highest BCUT2D eigenvalue weighted by Crippen LogP contribution is 2.32. The lowest BCUT2D eigenvalue weighted by atomic mass is 10.1. The predicted octanol–water partition coefficient (Wildman–Crippen LogP) is 1.76. The molecular weight excluding hydrogens is 346 g/mol. The molecule has 0 radical (unpaired) electrons. The summed E-state index contributed by atoms with van der Waals surface area (Å²) in [4.78, 5) is 19.5. The number of rotatable bonds is 3. The number of sulfonamides is 1. The van der Waals surface area contributed by atoms with Crippen LogP contribution in [0.2, 0.25) is 0 Å². The lowest BCUT2D eigenvalue weighted by Gasteiger charge is -2.14. The largest absolute Gasteiger partial charge is 0.297 e. The molecule has 0 bridgehead atoms. The summed E-state index contributed by atoms with van der Waals surface area (Å²) >= 11 is 1.65. The fourth-order valence-corrected chi connectivity index (χ4v) is 6.42.